The summed E-state index contributed by atoms with van der Waals surface area (Å²) in [6, 6.07) is 0. The van der Waals surface area contributed by atoms with Crippen molar-refractivity contribution in [3.05, 3.63) is 0 Å². The third-order valence-electron chi connectivity index (χ3n) is 5.95. The van der Waals surface area contributed by atoms with Crippen LogP contribution < -0.4 is 0 Å². The molecule has 206 valence electrons. The van der Waals surface area contributed by atoms with Gasteiger partial charge < -0.3 is 19.2 Å². The zero-order valence-electron chi connectivity index (χ0n) is 22.8. The lowest BCUT2D eigenvalue weighted by atomic mass is 10.0. The van der Waals surface area contributed by atoms with Crippen molar-refractivity contribution in [2.24, 2.45) is 0 Å². The molecule has 8 heteroatoms. The molecule has 34 heavy (non-hydrogen) atoms. The summed E-state index contributed by atoms with van der Waals surface area (Å²) in [5.41, 5.74) is 0. The van der Waals surface area contributed by atoms with Gasteiger partial charge in [0.1, 0.15) is 19.3 Å². The number of unbranched alkanes of at least 4 members (excludes halogenated alkanes) is 15. The van der Waals surface area contributed by atoms with Gasteiger partial charge in [0.05, 0.1) is 34.4 Å². The highest BCUT2D eigenvalue weighted by molar-refractivity contribution is 7.47. The predicted octanol–water partition coefficient (Wildman–Crippen LogP) is 6.47. The third-order valence-corrected chi connectivity index (χ3v) is 7.02. The molecule has 0 aromatic rings. The number of hydrogen-bond acceptors (Lipinski definition) is 5. The monoisotopic (exact) mass is 510 g/mol. The van der Waals surface area contributed by atoms with Gasteiger partial charge in [0.2, 0.25) is 0 Å². The fourth-order valence-electron chi connectivity index (χ4n) is 3.73. The highest BCUT2D eigenvalue weighted by Crippen LogP contribution is 2.44. The summed E-state index contributed by atoms with van der Waals surface area (Å²) in [6.45, 7) is 3.22. The minimum atomic E-state index is -4.20. The minimum Gasteiger partial charge on any atom is -0.394 e. The quantitative estimate of drug-likeness (QED) is 0.0788. The molecule has 0 fully saturated rings. The van der Waals surface area contributed by atoms with Crippen LogP contribution in [0.1, 0.15) is 110 Å². The maximum absolute atomic E-state index is 12.0. The van der Waals surface area contributed by atoms with Crippen molar-refractivity contribution < 1.29 is 32.8 Å². The Balaban J connectivity index is 3.49. The number of aliphatic hydroxyl groups is 1. The zero-order chi connectivity index (χ0) is 25.5. The number of likely N-dealkylation sites (N-methyl/N-ethyl adjacent to an activating group) is 1. The highest BCUT2D eigenvalue weighted by atomic mass is 31.2. The second-order valence-corrected chi connectivity index (χ2v) is 12.0. The van der Waals surface area contributed by atoms with E-state index in [1.54, 1.807) is 0 Å². The molecule has 0 spiro atoms. The summed E-state index contributed by atoms with van der Waals surface area (Å²) in [5.74, 6) is 0. The first-order valence-electron chi connectivity index (χ1n) is 13.8. The van der Waals surface area contributed by atoms with E-state index < -0.39 is 13.9 Å². The normalized spacial score (nSPS) is 14.9. The Morgan fingerprint density at radius 1 is 0.735 bits per heavy atom. The van der Waals surface area contributed by atoms with E-state index in [0.29, 0.717) is 17.6 Å². The van der Waals surface area contributed by atoms with Gasteiger partial charge in [-0.2, -0.15) is 0 Å². The molecule has 0 heterocycles. The van der Waals surface area contributed by atoms with E-state index in [9.17, 15) is 14.6 Å². The van der Waals surface area contributed by atoms with Crippen molar-refractivity contribution in [2.75, 3.05) is 54.1 Å². The van der Waals surface area contributed by atoms with Crippen LogP contribution in [0.25, 0.3) is 0 Å². The first-order valence-corrected chi connectivity index (χ1v) is 15.3. The SMILES string of the molecule is CCCCCCCCCCCCCCCCCCOCC(CO)OP(=O)(O)OCC[N+](C)(C)C. The van der Waals surface area contributed by atoms with Crippen LogP contribution >= 0.6 is 7.82 Å². The van der Waals surface area contributed by atoms with E-state index in [4.69, 9.17) is 13.8 Å². The molecule has 0 saturated carbocycles. The van der Waals surface area contributed by atoms with Crippen molar-refractivity contribution in [1.82, 2.24) is 0 Å². The maximum atomic E-state index is 12.0. The van der Waals surface area contributed by atoms with Crippen LogP contribution in [-0.2, 0) is 18.3 Å². The number of phosphoric acid groups is 1. The van der Waals surface area contributed by atoms with E-state index in [0.717, 1.165) is 12.8 Å². The summed E-state index contributed by atoms with van der Waals surface area (Å²) < 4.78 is 28.2. The van der Waals surface area contributed by atoms with E-state index in [2.05, 4.69) is 6.92 Å². The molecule has 0 amide bonds. The number of quaternary nitrogens is 1. The number of rotatable bonds is 26. The zero-order valence-corrected chi connectivity index (χ0v) is 23.7. The number of ether oxygens (including phenoxy) is 1. The lowest BCUT2D eigenvalue weighted by Gasteiger charge is -2.24. The molecule has 2 unspecified atom stereocenters. The van der Waals surface area contributed by atoms with Gasteiger partial charge in [0.15, 0.2) is 0 Å². The Morgan fingerprint density at radius 3 is 1.59 bits per heavy atom. The van der Waals surface area contributed by atoms with Gasteiger partial charge >= 0.3 is 7.82 Å². The van der Waals surface area contributed by atoms with Gasteiger partial charge in [0.25, 0.3) is 0 Å². The van der Waals surface area contributed by atoms with Crippen molar-refractivity contribution in [2.45, 2.75) is 116 Å². The van der Waals surface area contributed by atoms with Gasteiger partial charge in [-0.3, -0.25) is 9.05 Å². The fraction of sp³-hybridized carbons (Fsp3) is 1.00. The van der Waals surface area contributed by atoms with Gasteiger partial charge in [0, 0.05) is 6.61 Å². The largest absolute Gasteiger partial charge is 0.472 e. The highest BCUT2D eigenvalue weighted by Gasteiger charge is 2.27. The summed E-state index contributed by atoms with van der Waals surface area (Å²) in [4.78, 5) is 9.80. The molecule has 0 radical (unpaired) electrons. The van der Waals surface area contributed by atoms with E-state index in [1.165, 1.54) is 89.9 Å². The van der Waals surface area contributed by atoms with Gasteiger partial charge in [-0.1, -0.05) is 103 Å². The number of aliphatic hydroxyl groups excluding tert-OH is 1. The Morgan fingerprint density at radius 2 is 1.18 bits per heavy atom. The molecule has 0 aliphatic heterocycles. The molecule has 2 atom stereocenters. The van der Waals surface area contributed by atoms with Gasteiger partial charge in [-0.25, -0.2) is 4.57 Å². The van der Waals surface area contributed by atoms with Gasteiger partial charge in [-0.15, -0.1) is 0 Å². The third kappa shape index (κ3) is 25.1. The summed E-state index contributed by atoms with van der Waals surface area (Å²) >= 11 is 0. The Labute approximate surface area is 210 Å². The molecule has 0 saturated heterocycles. The van der Waals surface area contributed by atoms with Crippen LogP contribution in [0.5, 0.6) is 0 Å². The first-order chi connectivity index (χ1) is 16.2. The molecule has 0 bridgehead atoms. The smallest absolute Gasteiger partial charge is 0.394 e. The molecule has 0 rings (SSSR count). The second kappa shape index (κ2) is 22.2. The number of phosphoric ester groups is 1. The van der Waals surface area contributed by atoms with Crippen LogP contribution in [0.2, 0.25) is 0 Å². The Hall–Kier alpha value is -0.0100. The van der Waals surface area contributed by atoms with Crippen molar-refractivity contribution in [3.8, 4) is 0 Å². The van der Waals surface area contributed by atoms with E-state index in [1.807, 2.05) is 21.1 Å². The van der Waals surface area contributed by atoms with Crippen molar-refractivity contribution >= 4 is 7.82 Å². The molecule has 0 aromatic carbocycles. The van der Waals surface area contributed by atoms with Crippen LogP contribution in [-0.4, -0.2) is 74.7 Å². The Kier molecular flexibility index (Phi) is 22.2. The lowest BCUT2D eigenvalue weighted by Crippen LogP contribution is -2.37. The van der Waals surface area contributed by atoms with Gasteiger partial charge in [-0.05, 0) is 6.42 Å². The number of hydrogen-bond donors (Lipinski definition) is 2. The summed E-state index contributed by atoms with van der Waals surface area (Å²) in [6.07, 6.45) is 20.3. The molecule has 2 N–H and O–H groups in total. The molecular weight excluding hydrogens is 453 g/mol. The molecule has 7 nitrogen and oxygen atoms in total. The summed E-state index contributed by atoms with van der Waals surface area (Å²) in [7, 11) is 1.71. The lowest BCUT2D eigenvalue weighted by molar-refractivity contribution is -0.870. The molecule has 0 aliphatic carbocycles. The topological polar surface area (TPSA) is 85.2 Å². The molecular formula is C26H57NO6P+. The van der Waals surface area contributed by atoms with Crippen molar-refractivity contribution in [3.63, 3.8) is 0 Å². The Bertz CT molecular complexity index is 486. The summed E-state index contributed by atoms with van der Waals surface area (Å²) in [5, 5.41) is 9.39. The minimum absolute atomic E-state index is 0.0818. The molecule has 0 aliphatic rings. The fourth-order valence-corrected chi connectivity index (χ4v) is 4.61. The molecule has 0 aromatic heterocycles. The van der Waals surface area contributed by atoms with Crippen LogP contribution in [0.4, 0.5) is 0 Å². The standard InChI is InChI=1S/C26H56NO6P/c1-5-6-7-8-9-10-11-12-13-14-15-16-17-18-19-20-22-31-25-26(24-28)33-34(29,30)32-23-21-27(2,3)4/h26,28H,5-25H2,1-4H3/p+1. The second-order valence-electron chi connectivity index (χ2n) is 10.6. The predicted molar refractivity (Wildman–Crippen MR) is 141 cm³/mol. The van der Waals surface area contributed by atoms with Crippen molar-refractivity contribution in [1.29, 1.82) is 0 Å². The van der Waals surface area contributed by atoms with Crippen LogP contribution in [0, 0.1) is 0 Å². The first kappa shape index (κ1) is 34.0. The number of nitrogens with zero attached hydrogens (tertiary/aromatic N) is 1. The van der Waals surface area contributed by atoms with Crippen LogP contribution in [0.3, 0.4) is 0 Å². The van der Waals surface area contributed by atoms with E-state index in [-0.39, 0.29) is 19.8 Å². The average Bonchev–Trinajstić information content (AvgIpc) is 2.76. The average molecular weight is 511 g/mol. The van der Waals surface area contributed by atoms with E-state index >= 15 is 0 Å². The maximum Gasteiger partial charge on any atom is 0.472 e. The van der Waals surface area contributed by atoms with Crippen LogP contribution in [0.15, 0.2) is 0 Å².